The molecule has 2 bridgehead atoms. The van der Waals surface area contributed by atoms with Crippen LogP contribution in [0.1, 0.15) is 65.7 Å². The van der Waals surface area contributed by atoms with Gasteiger partial charge in [0.25, 0.3) is 0 Å². The van der Waals surface area contributed by atoms with Crippen molar-refractivity contribution in [3.8, 4) is 0 Å². The van der Waals surface area contributed by atoms with Crippen molar-refractivity contribution in [1.82, 2.24) is 10.2 Å². The van der Waals surface area contributed by atoms with Gasteiger partial charge in [-0.1, -0.05) is 27.2 Å². The Hall–Kier alpha value is -0.0800. The van der Waals surface area contributed by atoms with Crippen LogP contribution >= 0.6 is 0 Å². The molecule has 0 amide bonds. The van der Waals surface area contributed by atoms with Crippen molar-refractivity contribution in [3.05, 3.63) is 0 Å². The van der Waals surface area contributed by atoms with E-state index in [1.54, 1.807) is 0 Å². The fraction of sp³-hybridized carbons (Fsp3) is 1.00. The molecule has 1 heterocycles. The largest absolute Gasteiger partial charge is 0.313 e. The maximum absolute atomic E-state index is 3.92. The highest BCUT2D eigenvalue weighted by molar-refractivity contribution is 5.12. The van der Waals surface area contributed by atoms with Gasteiger partial charge in [0.15, 0.2) is 0 Å². The molecule has 2 aliphatic carbocycles. The molecule has 3 rings (SSSR count). The van der Waals surface area contributed by atoms with Crippen LogP contribution in [0.5, 0.6) is 0 Å². The van der Waals surface area contributed by atoms with E-state index in [1.807, 2.05) is 0 Å². The molecule has 1 saturated heterocycles. The number of piperidine rings is 1. The van der Waals surface area contributed by atoms with Crippen LogP contribution in [0.25, 0.3) is 0 Å². The molecule has 2 heteroatoms. The molecule has 3 aliphatic rings. The maximum atomic E-state index is 3.92. The van der Waals surface area contributed by atoms with Gasteiger partial charge in [0.05, 0.1) is 0 Å². The number of nitrogens with zero attached hydrogens (tertiary/aromatic N) is 1. The third-order valence-corrected chi connectivity index (χ3v) is 7.28. The molecule has 2 nitrogen and oxygen atoms in total. The van der Waals surface area contributed by atoms with E-state index in [1.165, 1.54) is 71.1 Å². The van der Waals surface area contributed by atoms with E-state index in [0.29, 0.717) is 10.8 Å². The third kappa shape index (κ3) is 2.43. The number of fused-ring (bicyclic) bond motifs is 2. The van der Waals surface area contributed by atoms with E-state index >= 15 is 0 Å². The first-order valence-electron chi connectivity index (χ1n) is 9.00. The van der Waals surface area contributed by atoms with Crippen LogP contribution in [-0.2, 0) is 0 Å². The monoisotopic (exact) mass is 278 g/mol. The molecule has 1 aliphatic heterocycles. The summed E-state index contributed by atoms with van der Waals surface area (Å²) in [6, 6.07) is 0.776. The summed E-state index contributed by atoms with van der Waals surface area (Å²) in [6.45, 7) is 12.8. The van der Waals surface area contributed by atoms with Crippen LogP contribution < -0.4 is 5.32 Å². The Bertz CT molecular complexity index is 332. The summed E-state index contributed by atoms with van der Waals surface area (Å²) in [4.78, 5) is 2.66. The van der Waals surface area contributed by atoms with E-state index in [0.717, 1.165) is 12.0 Å². The zero-order valence-electron chi connectivity index (χ0n) is 13.9. The molecule has 0 aromatic heterocycles. The maximum Gasteiger partial charge on any atom is 0.0129 e. The molecular formula is C18H34N2. The smallest absolute Gasteiger partial charge is 0.0129 e. The van der Waals surface area contributed by atoms with Crippen molar-refractivity contribution in [2.45, 2.75) is 71.8 Å². The summed E-state index contributed by atoms with van der Waals surface area (Å²) < 4.78 is 0. The van der Waals surface area contributed by atoms with Crippen molar-refractivity contribution in [2.24, 2.45) is 16.7 Å². The summed E-state index contributed by atoms with van der Waals surface area (Å²) in [7, 11) is 0. The van der Waals surface area contributed by atoms with Gasteiger partial charge >= 0.3 is 0 Å². The van der Waals surface area contributed by atoms with Crippen molar-refractivity contribution < 1.29 is 0 Å². The predicted octanol–water partition coefficient (Wildman–Crippen LogP) is 3.67. The Kier molecular flexibility index (Phi) is 4.16. The lowest BCUT2D eigenvalue weighted by Gasteiger charge is -2.39. The van der Waals surface area contributed by atoms with Gasteiger partial charge in [-0.2, -0.15) is 0 Å². The molecule has 3 fully saturated rings. The van der Waals surface area contributed by atoms with Crippen LogP contribution in [0.3, 0.4) is 0 Å². The Labute approximate surface area is 125 Å². The number of nitrogens with one attached hydrogen (secondary N) is 1. The normalized spacial score (nSPS) is 40.4. The van der Waals surface area contributed by atoms with Gasteiger partial charge in [-0.3, -0.25) is 0 Å². The first-order chi connectivity index (χ1) is 9.54. The molecule has 1 N–H and O–H groups in total. The van der Waals surface area contributed by atoms with Gasteiger partial charge in [0.1, 0.15) is 0 Å². The molecular weight excluding hydrogens is 244 g/mol. The number of rotatable bonds is 5. The van der Waals surface area contributed by atoms with Crippen molar-refractivity contribution in [1.29, 1.82) is 0 Å². The van der Waals surface area contributed by atoms with Gasteiger partial charge in [-0.25, -0.2) is 0 Å². The molecule has 3 atom stereocenters. The highest BCUT2D eigenvalue weighted by atomic mass is 15.1. The second-order valence-electron chi connectivity index (χ2n) is 8.37. The fourth-order valence-electron chi connectivity index (χ4n) is 5.27. The van der Waals surface area contributed by atoms with Gasteiger partial charge in [-0.15, -0.1) is 0 Å². The third-order valence-electron chi connectivity index (χ3n) is 7.28. The van der Waals surface area contributed by atoms with E-state index in [4.69, 9.17) is 0 Å². The summed E-state index contributed by atoms with van der Waals surface area (Å²) >= 11 is 0. The second kappa shape index (κ2) is 5.61. The minimum absolute atomic E-state index is 0.544. The quantitative estimate of drug-likeness (QED) is 0.772. The second-order valence-corrected chi connectivity index (χ2v) is 8.37. The van der Waals surface area contributed by atoms with Crippen molar-refractivity contribution in [3.63, 3.8) is 0 Å². The van der Waals surface area contributed by atoms with Crippen molar-refractivity contribution >= 4 is 0 Å². The highest BCUT2D eigenvalue weighted by Gasteiger charge is 2.60. The Morgan fingerprint density at radius 3 is 2.45 bits per heavy atom. The summed E-state index contributed by atoms with van der Waals surface area (Å²) in [5.41, 5.74) is 1.10. The molecule has 20 heavy (non-hydrogen) atoms. The molecule has 0 aromatic carbocycles. The first-order valence-corrected chi connectivity index (χ1v) is 9.00. The summed E-state index contributed by atoms with van der Waals surface area (Å²) in [5.74, 6) is 0.965. The highest BCUT2D eigenvalue weighted by Crippen LogP contribution is 2.65. The SMILES string of the molecule is CC1(C)C2CCC1(C)C(NCCCN1CCCCC1)C2. The van der Waals surface area contributed by atoms with E-state index in [9.17, 15) is 0 Å². The van der Waals surface area contributed by atoms with Crippen molar-refractivity contribution in [2.75, 3.05) is 26.2 Å². The van der Waals surface area contributed by atoms with Crippen LogP contribution in [-0.4, -0.2) is 37.1 Å². The van der Waals surface area contributed by atoms with Gasteiger partial charge in [0, 0.05) is 6.04 Å². The van der Waals surface area contributed by atoms with E-state index in [2.05, 4.69) is 31.0 Å². The topological polar surface area (TPSA) is 15.3 Å². The Balaban J connectivity index is 1.41. The molecule has 0 aromatic rings. The van der Waals surface area contributed by atoms with E-state index in [-0.39, 0.29) is 0 Å². The van der Waals surface area contributed by atoms with Crippen LogP contribution in [0, 0.1) is 16.7 Å². The summed E-state index contributed by atoms with van der Waals surface area (Å²) in [6.07, 6.45) is 9.95. The zero-order valence-corrected chi connectivity index (χ0v) is 13.9. The molecule has 0 radical (unpaired) electrons. The number of hydrogen-bond acceptors (Lipinski definition) is 2. The number of likely N-dealkylation sites (tertiary alicyclic amines) is 1. The van der Waals surface area contributed by atoms with Crippen LogP contribution in [0.2, 0.25) is 0 Å². The molecule has 116 valence electrons. The van der Waals surface area contributed by atoms with Gasteiger partial charge in [0.2, 0.25) is 0 Å². The predicted molar refractivity (Wildman–Crippen MR) is 85.9 cm³/mol. The lowest BCUT2D eigenvalue weighted by Crippen LogP contribution is -2.45. The Morgan fingerprint density at radius 1 is 1.10 bits per heavy atom. The Morgan fingerprint density at radius 2 is 1.85 bits per heavy atom. The van der Waals surface area contributed by atoms with Crippen LogP contribution in [0.15, 0.2) is 0 Å². The number of hydrogen-bond donors (Lipinski definition) is 1. The zero-order chi connectivity index (χ0) is 14.2. The average Bonchev–Trinajstić information content (AvgIpc) is 2.78. The molecule has 2 saturated carbocycles. The minimum atomic E-state index is 0.544. The van der Waals surface area contributed by atoms with E-state index < -0.39 is 0 Å². The molecule has 0 spiro atoms. The molecule has 3 unspecified atom stereocenters. The van der Waals surface area contributed by atoms with Gasteiger partial charge < -0.3 is 10.2 Å². The fourth-order valence-corrected chi connectivity index (χ4v) is 5.27. The minimum Gasteiger partial charge on any atom is -0.313 e. The first kappa shape index (κ1) is 14.8. The lowest BCUT2D eigenvalue weighted by molar-refractivity contribution is 0.120. The average molecular weight is 278 g/mol. The van der Waals surface area contributed by atoms with Crippen LogP contribution in [0.4, 0.5) is 0 Å². The van der Waals surface area contributed by atoms with Gasteiger partial charge in [-0.05, 0) is 81.5 Å². The standard InChI is InChI=1S/C18H34N2/c1-17(2)15-8-9-18(17,3)16(14-15)19-10-7-13-20-11-5-4-6-12-20/h15-16,19H,4-14H2,1-3H3. The lowest BCUT2D eigenvalue weighted by atomic mass is 9.69. The summed E-state index contributed by atoms with van der Waals surface area (Å²) in [5, 5.41) is 3.92.